The summed E-state index contributed by atoms with van der Waals surface area (Å²) in [6, 6.07) is 11.8. The lowest BCUT2D eigenvalue weighted by Crippen LogP contribution is -2.57. The van der Waals surface area contributed by atoms with Crippen molar-refractivity contribution < 1.29 is 18.0 Å². The third kappa shape index (κ3) is 4.53. The fourth-order valence-corrected chi connectivity index (χ4v) is 4.27. The van der Waals surface area contributed by atoms with Gasteiger partial charge in [0.2, 0.25) is 5.91 Å². The molecule has 1 aliphatic rings. The van der Waals surface area contributed by atoms with E-state index in [2.05, 4.69) is 26.9 Å². The first-order valence-electron chi connectivity index (χ1n) is 9.57. The standard InChI is InChI=1S/C21H16Cl2F3N5O/c22-16-3-1-11(9-27)5-14(16)12-2-4-17-15(6-12)18(31-30-17)29-19(32)20(23)7-13(8-20)28-10-21(24,25)26/h1-6,13,28H,7-8,10H2,(H2,29,30,31,32). The Morgan fingerprint density at radius 3 is 2.72 bits per heavy atom. The van der Waals surface area contributed by atoms with E-state index >= 15 is 0 Å². The number of nitrogens with zero attached hydrogens (tertiary/aromatic N) is 2. The molecule has 1 aromatic heterocycles. The highest BCUT2D eigenvalue weighted by atomic mass is 35.5. The molecule has 1 aliphatic carbocycles. The third-order valence-corrected chi connectivity index (χ3v) is 6.15. The van der Waals surface area contributed by atoms with Gasteiger partial charge in [-0.15, -0.1) is 11.6 Å². The minimum atomic E-state index is -4.33. The monoisotopic (exact) mass is 481 g/mol. The third-order valence-electron chi connectivity index (χ3n) is 5.34. The number of aromatic amines is 1. The fraction of sp³-hybridized carbons (Fsp3) is 0.286. The number of carbonyl (C=O) groups is 1. The summed E-state index contributed by atoms with van der Waals surface area (Å²) in [5, 5.41) is 22.2. The molecular formula is C21H16Cl2F3N5O. The normalized spacial score (nSPS) is 20.6. The van der Waals surface area contributed by atoms with Crippen LogP contribution in [0.25, 0.3) is 22.0 Å². The van der Waals surface area contributed by atoms with Crippen molar-refractivity contribution >= 4 is 45.8 Å². The number of nitrogens with one attached hydrogen (secondary N) is 3. The second kappa shape index (κ2) is 8.28. The predicted octanol–water partition coefficient (Wildman–Crippen LogP) is 4.99. The number of carbonyl (C=O) groups excluding carboxylic acids is 1. The number of amides is 1. The van der Waals surface area contributed by atoms with Crippen LogP contribution in [-0.2, 0) is 4.79 Å². The van der Waals surface area contributed by atoms with E-state index in [4.69, 9.17) is 28.5 Å². The van der Waals surface area contributed by atoms with Gasteiger partial charge in [-0.05, 0) is 48.7 Å². The zero-order valence-electron chi connectivity index (χ0n) is 16.4. The smallest absolute Gasteiger partial charge is 0.307 e. The minimum Gasteiger partial charge on any atom is -0.307 e. The van der Waals surface area contributed by atoms with E-state index in [1.807, 2.05) is 0 Å². The van der Waals surface area contributed by atoms with Gasteiger partial charge in [0.1, 0.15) is 4.87 Å². The Morgan fingerprint density at radius 2 is 2.03 bits per heavy atom. The van der Waals surface area contributed by atoms with Crippen LogP contribution in [0.2, 0.25) is 5.02 Å². The molecule has 11 heteroatoms. The topological polar surface area (TPSA) is 93.6 Å². The van der Waals surface area contributed by atoms with Gasteiger partial charge in [-0.3, -0.25) is 9.89 Å². The van der Waals surface area contributed by atoms with Gasteiger partial charge in [0.25, 0.3) is 0 Å². The summed E-state index contributed by atoms with van der Waals surface area (Å²) in [6.45, 7) is -1.13. The van der Waals surface area contributed by atoms with Crippen molar-refractivity contribution in [2.24, 2.45) is 0 Å². The van der Waals surface area contributed by atoms with Crippen molar-refractivity contribution in [3.05, 3.63) is 47.0 Å². The minimum absolute atomic E-state index is 0.0701. The van der Waals surface area contributed by atoms with Gasteiger partial charge in [0, 0.05) is 22.0 Å². The number of alkyl halides is 4. The van der Waals surface area contributed by atoms with Crippen molar-refractivity contribution in [2.45, 2.75) is 29.9 Å². The molecule has 0 unspecified atom stereocenters. The number of anilines is 1. The van der Waals surface area contributed by atoms with E-state index < -0.39 is 29.5 Å². The lowest BCUT2D eigenvalue weighted by Gasteiger charge is -2.41. The summed E-state index contributed by atoms with van der Waals surface area (Å²) in [7, 11) is 0. The maximum atomic E-state index is 12.7. The number of halogens is 5. The Balaban J connectivity index is 1.52. The lowest BCUT2D eigenvalue weighted by molar-refractivity contribution is -0.129. The summed E-state index contributed by atoms with van der Waals surface area (Å²) in [5.41, 5.74) is 2.47. The van der Waals surface area contributed by atoms with Crippen LogP contribution in [-0.4, -0.2) is 39.7 Å². The Bertz CT molecular complexity index is 1230. The van der Waals surface area contributed by atoms with Crippen LogP contribution >= 0.6 is 23.2 Å². The first-order valence-corrected chi connectivity index (χ1v) is 10.3. The Hall–Kier alpha value is -2.80. The highest BCUT2D eigenvalue weighted by molar-refractivity contribution is 6.37. The van der Waals surface area contributed by atoms with E-state index in [0.717, 1.165) is 5.56 Å². The molecule has 1 heterocycles. The highest BCUT2D eigenvalue weighted by Crippen LogP contribution is 2.40. The quantitative estimate of drug-likeness (QED) is 0.447. The van der Waals surface area contributed by atoms with Crippen LogP contribution in [0.5, 0.6) is 0 Å². The Morgan fingerprint density at radius 1 is 1.28 bits per heavy atom. The van der Waals surface area contributed by atoms with Gasteiger partial charge < -0.3 is 10.6 Å². The number of H-pyrrole nitrogens is 1. The van der Waals surface area contributed by atoms with E-state index in [-0.39, 0.29) is 18.7 Å². The fourth-order valence-electron chi connectivity index (χ4n) is 3.62. The molecule has 4 rings (SSSR count). The molecule has 1 amide bonds. The van der Waals surface area contributed by atoms with Gasteiger partial charge in [0.15, 0.2) is 5.82 Å². The summed E-state index contributed by atoms with van der Waals surface area (Å²) in [4.78, 5) is 11.4. The molecule has 2 aromatic carbocycles. The van der Waals surface area contributed by atoms with Gasteiger partial charge in [0.05, 0.1) is 23.7 Å². The van der Waals surface area contributed by atoms with Crippen LogP contribution in [0.1, 0.15) is 18.4 Å². The second-order valence-corrected chi connectivity index (χ2v) is 8.79. The maximum Gasteiger partial charge on any atom is 0.401 e. The largest absolute Gasteiger partial charge is 0.401 e. The number of fused-ring (bicyclic) bond motifs is 1. The molecule has 32 heavy (non-hydrogen) atoms. The van der Waals surface area contributed by atoms with Gasteiger partial charge in [-0.2, -0.15) is 23.5 Å². The predicted molar refractivity (Wildman–Crippen MR) is 116 cm³/mol. The molecule has 0 atom stereocenters. The number of benzene rings is 2. The number of rotatable bonds is 5. The molecule has 3 N–H and O–H groups in total. The molecule has 3 aromatic rings. The molecule has 0 aliphatic heterocycles. The summed E-state index contributed by atoms with van der Waals surface area (Å²) >= 11 is 12.6. The van der Waals surface area contributed by atoms with E-state index in [0.29, 0.717) is 27.1 Å². The van der Waals surface area contributed by atoms with Gasteiger partial charge >= 0.3 is 6.18 Å². The number of aromatic nitrogens is 2. The van der Waals surface area contributed by atoms with Crippen LogP contribution in [0.15, 0.2) is 36.4 Å². The molecule has 0 radical (unpaired) electrons. The molecule has 1 saturated carbocycles. The number of nitriles is 1. The maximum absolute atomic E-state index is 12.7. The highest BCUT2D eigenvalue weighted by Gasteiger charge is 2.49. The van der Waals surface area contributed by atoms with Crippen molar-refractivity contribution in [1.82, 2.24) is 15.5 Å². The van der Waals surface area contributed by atoms with Crippen molar-refractivity contribution in [3.8, 4) is 17.2 Å². The molecule has 0 spiro atoms. The van der Waals surface area contributed by atoms with E-state index in [1.54, 1.807) is 36.4 Å². The lowest BCUT2D eigenvalue weighted by atomic mass is 9.78. The average molecular weight is 482 g/mol. The van der Waals surface area contributed by atoms with Crippen LogP contribution in [0.3, 0.4) is 0 Å². The van der Waals surface area contributed by atoms with E-state index in [9.17, 15) is 18.0 Å². The van der Waals surface area contributed by atoms with Crippen LogP contribution < -0.4 is 10.6 Å². The summed E-state index contributed by atoms with van der Waals surface area (Å²) < 4.78 is 37.0. The van der Waals surface area contributed by atoms with Gasteiger partial charge in [-0.25, -0.2) is 0 Å². The average Bonchev–Trinajstić information content (AvgIpc) is 3.12. The van der Waals surface area contributed by atoms with Crippen molar-refractivity contribution in [2.75, 3.05) is 11.9 Å². The summed E-state index contributed by atoms with van der Waals surface area (Å²) in [5.74, 6) is -0.293. The zero-order chi connectivity index (χ0) is 23.1. The molecule has 166 valence electrons. The number of hydrogen-bond donors (Lipinski definition) is 3. The van der Waals surface area contributed by atoms with E-state index in [1.165, 1.54) is 0 Å². The molecule has 0 bridgehead atoms. The molecule has 1 fully saturated rings. The molecule has 6 nitrogen and oxygen atoms in total. The zero-order valence-corrected chi connectivity index (χ0v) is 17.9. The first-order chi connectivity index (χ1) is 15.1. The van der Waals surface area contributed by atoms with Crippen LogP contribution in [0.4, 0.5) is 19.0 Å². The Kier molecular flexibility index (Phi) is 5.79. The first kappa shape index (κ1) is 22.4. The van der Waals surface area contributed by atoms with Crippen molar-refractivity contribution in [1.29, 1.82) is 5.26 Å². The van der Waals surface area contributed by atoms with Crippen LogP contribution in [0, 0.1) is 11.3 Å². The van der Waals surface area contributed by atoms with Crippen molar-refractivity contribution in [3.63, 3.8) is 0 Å². The molecular weight excluding hydrogens is 466 g/mol. The SMILES string of the molecule is N#Cc1ccc(Cl)c(-c2ccc3[nH]nc(NC(=O)C4(Cl)CC(NCC(F)(F)F)C4)c3c2)c1. The molecule has 0 saturated heterocycles. The summed E-state index contributed by atoms with van der Waals surface area (Å²) in [6.07, 6.45) is -4.19. The Labute approximate surface area is 190 Å². The number of hydrogen-bond acceptors (Lipinski definition) is 4. The van der Waals surface area contributed by atoms with Gasteiger partial charge in [-0.1, -0.05) is 17.7 Å². The second-order valence-electron chi connectivity index (χ2n) is 7.66.